The van der Waals surface area contributed by atoms with Crippen LogP contribution in [0, 0.1) is 0 Å². The Kier molecular flexibility index (Phi) is 7.13. The predicted molar refractivity (Wildman–Crippen MR) is 100 cm³/mol. The molecule has 1 heterocycles. The van der Waals surface area contributed by atoms with Crippen LogP contribution in [0.4, 0.5) is 0 Å². The van der Waals surface area contributed by atoms with Gasteiger partial charge in [0.1, 0.15) is 6.61 Å². The van der Waals surface area contributed by atoms with Gasteiger partial charge >= 0.3 is 0 Å². The molecule has 0 saturated carbocycles. The molecule has 0 bridgehead atoms. The lowest BCUT2D eigenvalue weighted by atomic mass is 9.93. The molecule has 3 nitrogen and oxygen atoms in total. The highest BCUT2D eigenvalue weighted by Crippen LogP contribution is 2.32. The molecule has 1 aliphatic rings. The van der Waals surface area contributed by atoms with E-state index in [4.69, 9.17) is 9.47 Å². The fourth-order valence-electron chi connectivity index (χ4n) is 2.61. The normalized spacial score (nSPS) is 13.5. The Morgan fingerprint density at radius 1 is 0.958 bits per heavy atom. The van der Waals surface area contributed by atoms with Crippen molar-refractivity contribution in [1.82, 2.24) is 5.32 Å². The molecule has 0 spiro atoms. The van der Waals surface area contributed by atoms with Crippen molar-refractivity contribution in [3.05, 3.63) is 59.2 Å². The third-order valence-electron chi connectivity index (χ3n) is 4.27. The van der Waals surface area contributed by atoms with Gasteiger partial charge in [-0.05, 0) is 35.2 Å². The van der Waals surface area contributed by atoms with Crippen LogP contribution in [0.2, 0.25) is 0 Å². The van der Waals surface area contributed by atoms with Gasteiger partial charge in [0.25, 0.3) is 0 Å². The standard InChI is InChI=1S/C19H23NO2.C2H6/c1-3-14-4-6-15(7-5-14)13-22-18-9-8-16(10-19(18)21-2)17-11-20-12-17;1-2/h4-10,17,20H,3,11-13H2,1-2H3;1-2H3. The number of aryl methyl sites for hydroxylation is 1. The van der Waals surface area contributed by atoms with E-state index in [1.54, 1.807) is 7.11 Å². The van der Waals surface area contributed by atoms with E-state index in [-0.39, 0.29) is 0 Å². The number of nitrogens with one attached hydrogen (secondary N) is 1. The molecule has 3 rings (SSSR count). The molecule has 2 aromatic rings. The van der Waals surface area contributed by atoms with Crippen molar-refractivity contribution in [2.75, 3.05) is 20.2 Å². The fourth-order valence-corrected chi connectivity index (χ4v) is 2.61. The summed E-state index contributed by atoms with van der Waals surface area (Å²) >= 11 is 0. The minimum Gasteiger partial charge on any atom is -0.493 e. The van der Waals surface area contributed by atoms with Gasteiger partial charge in [-0.1, -0.05) is 51.1 Å². The molecule has 0 amide bonds. The van der Waals surface area contributed by atoms with Crippen LogP contribution in [0.5, 0.6) is 11.5 Å². The molecule has 0 atom stereocenters. The number of methoxy groups -OCH3 is 1. The van der Waals surface area contributed by atoms with Crippen molar-refractivity contribution in [3.8, 4) is 11.5 Å². The zero-order valence-electron chi connectivity index (χ0n) is 15.3. The van der Waals surface area contributed by atoms with Crippen LogP contribution in [0.3, 0.4) is 0 Å². The maximum Gasteiger partial charge on any atom is 0.161 e. The van der Waals surface area contributed by atoms with E-state index in [0.29, 0.717) is 12.5 Å². The van der Waals surface area contributed by atoms with Crippen LogP contribution in [-0.2, 0) is 13.0 Å². The van der Waals surface area contributed by atoms with E-state index in [2.05, 4.69) is 48.6 Å². The summed E-state index contributed by atoms with van der Waals surface area (Å²) in [4.78, 5) is 0. The second-order valence-corrected chi connectivity index (χ2v) is 5.72. The monoisotopic (exact) mass is 327 g/mol. The molecule has 130 valence electrons. The van der Waals surface area contributed by atoms with Crippen molar-refractivity contribution < 1.29 is 9.47 Å². The van der Waals surface area contributed by atoms with Gasteiger partial charge in [0.05, 0.1) is 7.11 Å². The van der Waals surface area contributed by atoms with Crippen molar-refractivity contribution in [1.29, 1.82) is 0 Å². The number of ether oxygens (including phenoxy) is 2. The number of benzene rings is 2. The Morgan fingerprint density at radius 3 is 2.17 bits per heavy atom. The first-order valence-corrected chi connectivity index (χ1v) is 8.89. The van der Waals surface area contributed by atoms with Crippen molar-refractivity contribution >= 4 is 0 Å². The number of rotatable bonds is 6. The Labute approximate surface area is 146 Å². The highest BCUT2D eigenvalue weighted by atomic mass is 16.5. The van der Waals surface area contributed by atoms with E-state index in [1.165, 1.54) is 16.7 Å². The average Bonchev–Trinajstić information content (AvgIpc) is 2.61. The molecular weight excluding hydrogens is 298 g/mol. The zero-order chi connectivity index (χ0) is 17.4. The van der Waals surface area contributed by atoms with Gasteiger partial charge in [-0.3, -0.25) is 0 Å². The van der Waals surface area contributed by atoms with Crippen molar-refractivity contribution in [3.63, 3.8) is 0 Å². The van der Waals surface area contributed by atoms with Gasteiger partial charge < -0.3 is 14.8 Å². The lowest BCUT2D eigenvalue weighted by Gasteiger charge is -2.28. The lowest BCUT2D eigenvalue weighted by molar-refractivity contribution is 0.284. The largest absolute Gasteiger partial charge is 0.493 e. The molecule has 0 aromatic heterocycles. The molecule has 1 saturated heterocycles. The van der Waals surface area contributed by atoms with E-state index < -0.39 is 0 Å². The van der Waals surface area contributed by atoms with Crippen LogP contribution in [0.15, 0.2) is 42.5 Å². The van der Waals surface area contributed by atoms with Crippen molar-refractivity contribution in [2.45, 2.75) is 39.7 Å². The summed E-state index contributed by atoms with van der Waals surface area (Å²) in [6.45, 7) is 8.82. The minimum atomic E-state index is 0.560. The second kappa shape index (κ2) is 9.33. The number of hydrogen-bond acceptors (Lipinski definition) is 3. The Morgan fingerprint density at radius 2 is 1.62 bits per heavy atom. The highest BCUT2D eigenvalue weighted by molar-refractivity contribution is 5.44. The van der Waals surface area contributed by atoms with E-state index in [0.717, 1.165) is 31.0 Å². The van der Waals surface area contributed by atoms with Crippen LogP contribution < -0.4 is 14.8 Å². The third-order valence-corrected chi connectivity index (χ3v) is 4.27. The first-order chi connectivity index (χ1) is 11.8. The summed E-state index contributed by atoms with van der Waals surface area (Å²) in [6.07, 6.45) is 1.06. The zero-order valence-corrected chi connectivity index (χ0v) is 15.3. The quantitative estimate of drug-likeness (QED) is 0.844. The topological polar surface area (TPSA) is 30.5 Å². The van der Waals surface area contributed by atoms with Crippen LogP contribution in [0.25, 0.3) is 0 Å². The molecule has 3 heteroatoms. The summed E-state index contributed by atoms with van der Waals surface area (Å²) in [5.41, 5.74) is 3.83. The first-order valence-electron chi connectivity index (χ1n) is 8.89. The molecule has 1 aliphatic heterocycles. The molecular formula is C21H29NO2. The first kappa shape index (κ1) is 18.3. The van der Waals surface area contributed by atoms with E-state index >= 15 is 0 Å². The SMILES string of the molecule is CC.CCc1ccc(COc2ccc(C3CNC3)cc2OC)cc1. The summed E-state index contributed by atoms with van der Waals surface area (Å²) in [7, 11) is 1.70. The second-order valence-electron chi connectivity index (χ2n) is 5.72. The Bertz CT molecular complexity index is 618. The van der Waals surface area contributed by atoms with E-state index in [1.807, 2.05) is 19.9 Å². The van der Waals surface area contributed by atoms with Gasteiger partial charge in [0, 0.05) is 19.0 Å². The Balaban J connectivity index is 0.00000100. The fraction of sp³-hybridized carbons (Fsp3) is 0.429. The number of hydrogen-bond donors (Lipinski definition) is 1. The van der Waals surface area contributed by atoms with E-state index in [9.17, 15) is 0 Å². The smallest absolute Gasteiger partial charge is 0.161 e. The summed E-state index contributed by atoms with van der Waals surface area (Å²) in [5, 5.41) is 3.30. The molecule has 0 radical (unpaired) electrons. The molecule has 0 unspecified atom stereocenters. The highest BCUT2D eigenvalue weighted by Gasteiger charge is 2.20. The van der Waals surface area contributed by atoms with Crippen LogP contribution in [0.1, 0.15) is 43.4 Å². The van der Waals surface area contributed by atoms with Crippen molar-refractivity contribution in [2.24, 2.45) is 0 Å². The van der Waals surface area contributed by atoms with Gasteiger partial charge in [-0.25, -0.2) is 0 Å². The van der Waals surface area contributed by atoms with Gasteiger partial charge in [-0.2, -0.15) is 0 Å². The van der Waals surface area contributed by atoms with Crippen LogP contribution in [-0.4, -0.2) is 20.2 Å². The van der Waals surface area contributed by atoms with Gasteiger partial charge in [0.2, 0.25) is 0 Å². The molecule has 0 aliphatic carbocycles. The van der Waals surface area contributed by atoms with Gasteiger partial charge in [0.15, 0.2) is 11.5 Å². The Hall–Kier alpha value is -2.00. The average molecular weight is 327 g/mol. The summed E-state index contributed by atoms with van der Waals surface area (Å²) in [5.74, 6) is 2.22. The predicted octanol–water partition coefficient (Wildman–Crippen LogP) is 4.55. The minimum absolute atomic E-state index is 0.560. The lowest BCUT2D eigenvalue weighted by Crippen LogP contribution is -2.39. The maximum absolute atomic E-state index is 5.93. The summed E-state index contributed by atoms with van der Waals surface area (Å²) in [6, 6.07) is 14.8. The molecule has 1 fully saturated rings. The van der Waals surface area contributed by atoms with Gasteiger partial charge in [-0.15, -0.1) is 0 Å². The third kappa shape index (κ3) is 4.51. The van der Waals surface area contributed by atoms with Crippen LogP contribution >= 0.6 is 0 Å². The summed E-state index contributed by atoms with van der Waals surface area (Å²) < 4.78 is 11.4. The molecule has 24 heavy (non-hydrogen) atoms. The molecule has 1 N–H and O–H groups in total. The maximum atomic E-state index is 5.93. The molecule has 2 aromatic carbocycles.